The second kappa shape index (κ2) is 8.55. The topological polar surface area (TPSA) is 54.7 Å². The lowest BCUT2D eigenvalue weighted by Gasteiger charge is -2.29. The van der Waals surface area contributed by atoms with Crippen LogP contribution in [0.1, 0.15) is 43.6 Å². The Morgan fingerprint density at radius 1 is 1.28 bits per heavy atom. The second-order valence-corrected chi connectivity index (χ2v) is 7.92. The maximum absolute atomic E-state index is 13.1. The number of rotatable bonds is 5. The summed E-state index contributed by atoms with van der Waals surface area (Å²) in [6.07, 6.45) is 7.06. The molecule has 1 N–H and O–H groups in total. The average Bonchev–Trinajstić information content (AvgIpc) is 3.26. The number of halogens is 2. The Balaban J connectivity index is 1.42. The molecule has 0 atom stereocenters. The maximum Gasteiger partial charge on any atom is 0.276 e. The fourth-order valence-corrected chi connectivity index (χ4v) is 4.22. The molecule has 2 aliphatic rings. The molecule has 4 rings (SSSR count). The summed E-state index contributed by atoms with van der Waals surface area (Å²) >= 11 is 11.3. The lowest BCUT2D eigenvalue weighted by molar-refractivity contribution is -0.124. The largest absolute Gasteiger partial charge is 0.484 e. The SMILES string of the molecule is O=C1/C(=C\c2ccc(COc3ccc(F)cc3Cl)o2)NC(=S)N1C1CCCCC1. The maximum atomic E-state index is 13.1. The highest BCUT2D eigenvalue weighted by molar-refractivity contribution is 7.80. The van der Waals surface area contributed by atoms with Gasteiger partial charge in [0.2, 0.25) is 0 Å². The fourth-order valence-electron chi connectivity index (χ4n) is 3.65. The van der Waals surface area contributed by atoms with Crippen LogP contribution in [0.15, 0.2) is 40.4 Å². The molecule has 2 aromatic rings. The van der Waals surface area contributed by atoms with Crippen LogP contribution in [0.25, 0.3) is 6.08 Å². The summed E-state index contributed by atoms with van der Waals surface area (Å²) in [4.78, 5) is 14.5. The Morgan fingerprint density at radius 3 is 2.83 bits per heavy atom. The van der Waals surface area contributed by atoms with Crippen molar-refractivity contribution in [3.05, 3.63) is 58.4 Å². The Morgan fingerprint density at radius 2 is 2.07 bits per heavy atom. The molecule has 1 amide bonds. The molecule has 2 fully saturated rings. The first-order valence-electron chi connectivity index (χ1n) is 9.54. The number of carbonyl (C=O) groups excluding carboxylic acids is 1. The molecule has 0 unspecified atom stereocenters. The molecule has 1 aromatic carbocycles. The molecule has 1 saturated carbocycles. The van der Waals surface area contributed by atoms with E-state index in [0.29, 0.717) is 28.1 Å². The van der Waals surface area contributed by atoms with Gasteiger partial charge in [0.25, 0.3) is 5.91 Å². The summed E-state index contributed by atoms with van der Waals surface area (Å²) in [5, 5.41) is 3.65. The third kappa shape index (κ3) is 4.46. The predicted octanol–water partition coefficient (Wildman–Crippen LogP) is 5.04. The van der Waals surface area contributed by atoms with E-state index in [1.165, 1.54) is 24.6 Å². The third-order valence-electron chi connectivity index (χ3n) is 5.08. The van der Waals surface area contributed by atoms with Crippen molar-refractivity contribution in [2.24, 2.45) is 0 Å². The van der Waals surface area contributed by atoms with Gasteiger partial charge in [0.05, 0.1) is 5.02 Å². The molecule has 152 valence electrons. The third-order valence-corrected chi connectivity index (χ3v) is 5.68. The first-order chi connectivity index (χ1) is 14.0. The molecule has 0 radical (unpaired) electrons. The van der Waals surface area contributed by atoms with Crippen molar-refractivity contribution in [2.45, 2.75) is 44.8 Å². The molecule has 1 aliphatic carbocycles. The van der Waals surface area contributed by atoms with Crippen molar-refractivity contribution in [3.8, 4) is 5.75 Å². The van der Waals surface area contributed by atoms with Crippen LogP contribution in [0.4, 0.5) is 4.39 Å². The van der Waals surface area contributed by atoms with Crippen molar-refractivity contribution in [2.75, 3.05) is 0 Å². The molecular weight excluding hydrogens is 415 g/mol. The highest BCUT2D eigenvalue weighted by Crippen LogP contribution is 2.28. The molecule has 1 aliphatic heterocycles. The molecule has 2 heterocycles. The van der Waals surface area contributed by atoms with Crippen molar-refractivity contribution >= 4 is 40.9 Å². The van der Waals surface area contributed by atoms with Gasteiger partial charge in [-0.05, 0) is 55.4 Å². The Bertz CT molecular complexity index is 969. The first kappa shape index (κ1) is 19.9. The van der Waals surface area contributed by atoms with Crippen molar-refractivity contribution in [3.63, 3.8) is 0 Å². The van der Waals surface area contributed by atoms with Crippen LogP contribution in [-0.4, -0.2) is 22.0 Å². The van der Waals surface area contributed by atoms with Gasteiger partial charge in [0, 0.05) is 12.1 Å². The van der Waals surface area contributed by atoms with Crippen LogP contribution in [0.3, 0.4) is 0 Å². The number of hydrogen-bond acceptors (Lipinski definition) is 4. The Kier molecular flexibility index (Phi) is 5.87. The molecule has 1 aromatic heterocycles. The van der Waals surface area contributed by atoms with Gasteiger partial charge in [-0.2, -0.15) is 0 Å². The van der Waals surface area contributed by atoms with Crippen LogP contribution in [0, 0.1) is 5.82 Å². The monoisotopic (exact) mass is 434 g/mol. The van der Waals surface area contributed by atoms with E-state index < -0.39 is 5.82 Å². The number of amides is 1. The van der Waals surface area contributed by atoms with Crippen molar-refractivity contribution in [1.82, 2.24) is 10.2 Å². The number of benzene rings is 1. The molecular formula is C21H20ClFN2O3S. The minimum absolute atomic E-state index is 0.116. The minimum Gasteiger partial charge on any atom is -0.484 e. The van der Waals surface area contributed by atoms with Crippen LogP contribution in [0.2, 0.25) is 5.02 Å². The Hall–Kier alpha value is -2.38. The molecule has 1 saturated heterocycles. The fraction of sp³-hybridized carbons (Fsp3) is 0.333. The summed E-state index contributed by atoms with van der Waals surface area (Å²) in [6, 6.07) is 7.60. The van der Waals surface area contributed by atoms with Crippen LogP contribution < -0.4 is 10.1 Å². The number of carbonyl (C=O) groups is 1. The van der Waals surface area contributed by atoms with E-state index in [1.54, 1.807) is 23.1 Å². The summed E-state index contributed by atoms with van der Waals surface area (Å²) in [7, 11) is 0. The van der Waals surface area contributed by atoms with E-state index in [2.05, 4.69) is 5.32 Å². The normalized spacial score (nSPS) is 19.1. The molecule has 8 heteroatoms. The summed E-state index contributed by atoms with van der Waals surface area (Å²) in [5.74, 6) is 0.884. The van der Waals surface area contributed by atoms with Crippen molar-refractivity contribution in [1.29, 1.82) is 0 Å². The average molecular weight is 435 g/mol. The van der Waals surface area contributed by atoms with Gasteiger partial charge in [-0.3, -0.25) is 9.69 Å². The van der Waals surface area contributed by atoms with Gasteiger partial charge in [-0.15, -0.1) is 0 Å². The molecule has 29 heavy (non-hydrogen) atoms. The zero-order chi connectivity index (χ0) is 20.4. The zero-order valence-corrected chi connectivity index (χ0v) is 17.2. The van der Waals surface area contributed by atoms with Crippen LogP contribution in [-0.2, 0) is 11.4 Å². The van der Waals surface area contributed by atoms with Crippen LogP contribution in [0.5, 0.6) is 5.75 Å². The number of hydrogen-bond donors (Lipinski definition) is 1. The van der Waals surface area contributed by atoms with Gasteiger partial charge in [0.15, 0.2) is 5.11 Å². The van der Waals surface area contributed by atoms with Gasteiger partial charge in [-0.1, -0.05) is 30.9 Å². The summed E-state index contributed by atoms with van der Waals surface area (Å²) < 4.78 is 24.4. The van der Waals surface area contributed by atoms with E-state index in [9.17, 15) is 9.18 Å². The van der Waals surface area contributed by atoms with Gasteiger partial charge in [0.1, 0.15) is 35.4 Å². The van der Waals surface area contributed by atoms with E-state index in [0.717, 1.165) is 25.7 Å². The smallest absolute Gasteiger partial charge is 0.276 e. The van der Waals surface area contributed by atoms with E-state index in [-0.39, 0.29) is 23.6 Å². The highest BCUT2D eigenvalue weighted by Gasteiger charge is 2.36. The quantitative estimate of drug-likeness (QED) is 0.527. The molecule has 0 bridgehead atoms. The van der Waals surface area contributed by atoms with Gasteiger partial charge >= 0.3 is 0 Å². The van der Waals surface area contributed by atoms with Crippen molar-refractivity contribution < 1.29 is 18.3 Å². The number of furan rings is 1. The number of nitrogens with one attached hydrogen (secondary N) is 1. The van der Waals surface area contributed by atoms with Gasteiger partial charge in [-0.25, -0.2) is 4.39 Å². The Labute approximate surface area is 178 Å². The highest BCUT2D eigenvalue weighted by atomic mass is 35.5. The minimum atomic E-state index is -0.428. The van der Waals surface area contributed by atoms with Gasteiger partial charge < -0.3 is 14.5 Å². The lowest BCUT2D eigenvalue weighted by atomic mass is 9.94. The van der Waals surface area contributed by atoms with E-state index in [4.69, 9.17) is 33.0 Å². The van der Waals surface area contributed by atoms with E-state index >= 15 is 0 Å². The second-order valence-electron chi connectivity index (χ2n) is 7.12. The zero-order valence-electron chi connectivity index (χ0n) is 15.6. The van der Waals surface area contributed by atoms with E-state index in [1.807, 2.05) is 0 Å². The number of nitrogens with zero attached hydrogens (tertiary/aromatic N) is 1. The summed E-state index contributed by atoms with van der Waals surface area (Å²) in [5.41, 5.74) is 0.406. The molecule has 0 spiro atoms. The van der Waals surface area contributed by atoms with Crippen LogP contribution >= 0.6 is 23.8 Å². The first-order valence-corrected chi connectivity index (χ1v) is 10.3. The lowest BCUT2D eigenvalue weighted by Crippen LogP contribution is -2.41. The summed E-state index contributed by atoms with van der Waals surface area (Å²) in [6.45, 7) is 0.127. The predicted molar refractivity (Wildman–Crippen MR) is 112 cm³/mol. The number of thiocarbonyl (C=S) groups is 1. The number of ether oxygens (including phenoxy) is 1. The standard InChI is InChI=1S/C21H20ClFN2O3S/c22-17-10-13(23)6-9-19(17)27-12-16-8-7-15(28-16)11-18-20(26)25(21(29)24-18)14-4-2-1-3-5-14/h6-11,14H,1-5,12H2,(H,24,29)/b18-11+. The molecule has 5 nitrogen and oxygen atoms in total.